The maximum absolute atomic E-state index is 10.5. The van der Waals surface area contributed by atoms with Gasteiger partial charge < -0.3 is 14.8 Å². The Hall–Kier alpha value is -1.26. The number of hydrogen-bond acceptors (Lipinski definition) is 4. The molecule has 0 saturated carbocycles. The third-order valence-corrected chi connectivity index (χ3v) is 1.01. The number of nitrogens with one attached hydrogen (secondary N) is 1. The van der Waals surface area contributed by atoms with Crippen LogP contribution in [0, 0.1) is 0 Å². The summed E-state index contributed by atoms with van der Waals surface area (Å²) in [6, 6.07) is 0. The van der Waals surface area contributed by atoms with Crippen LogP contribution in [0.25, 0.3) is 0 Å². The summed E-state index contributed by atoms with van der Waals surface area (Å²) in [5, 5.41) is 2.34. The Kier molecular flexibility index (Phi) is 4.89. The normalized spacial score (nSPS) is 8.55. The average molecular weight is 161 g/mol. The second kappa shape index (κ2) is 5.52. The first kappa shape index (κ1) is 9.74. The van der Waals surface area contributed by atoms with Gasteiger partial charge in [-0.1, -0.05) is 0 Å². The van der Waals surface area contributed by atoms with E-state index in [9.17, 15) is 9.59 Å². The van der Waals surface area contributed by atoms with Gasteiger partial charge in [-0.15, -0.1) is 0 Å². The highest BCUT2D eigenvalue weighted by Crippen LogP contribution is 1.81. The fourth-order valence-electron chi connectivity index (χ4n) is 0.441. The Labute approximate surface area is 64.7 Å². The molecular weight excluding hydrogens is 150 g/mol. The van der Waals surface area contributed by atoms with Gasteiger partial charge in [-0.05, 0) is 0 Å². The second-order valence-corrected chi connectivity index (χ2v) is 1.74. The molecule has 0 saturated heterocycles. The van der Waals surface area contributed by atoms with Crippen LogP contribution in [0.5, 0.6) is 0 Å². The molecule has 0 bridgehead atoms. The second-order valence-electron chi connectivity index (χ2n) is 1.74. The Morgan fingerprint density at radius 3 is 2.36 bits per heavy atom. The van der Waals surface area contributed by atoms with Gasteiger partial charge in [0.2, 0.25) is 0 Å². The number of ether oxygens (including phenoxy) is 2. The topological polar surface area (TPSA) is 64.6 Å². The summed E-state index contributed by atoms with van der Waals surface area (Å²) in [5.74, 6) is -0.360. The van der Waals surface area contributed by atoms with Gasteiger partial charge in [0.1, 0.15) is 0 Å². The van der Waals surface area contributed by atoms with Crippen molar-refractivity contribution in [2.24, 2.45) is 0 Å². The Morgan fingerprint density at radius 1 is 1.27 bits per heavy atom. The molecular formula is C6H11NO4. The highest BCUT2D eigenvalue weighted by molar-refractivity contribution is 5.71. The van der Waals surface area contributed by atoms with E-state index in [1.165, 1.54) is 14.2 Å². The van der Waals surface area contributed by atoms with Gasteiger partial charge in [0, 0.05) is 6.54 Å². The van der Waals surface area contributed by atoms with Crippen LogP contribution in [0.2, 0.25) is 0 Å². The predicted octanol–water partition coefficient (Wildman–Crippen LogP) is -0.0945. The lowest BCUT2D eigenvalue weighted by molar-refractivity contribution is -0.140. The van der Waals surface area contributed by atoms with Crippen molar-refractivity contribution in [1.82, 2.24) is 5.32 Å². The van der Waals surface area contributed by atoms with Crippen molar-refractivity contribution < 1.29 is 19.1 Å². The number of carbonyl (C=O) groups is 2. The average Bonchev–Trinajstić information content (AvgIpc) is 2.04. The smallest absolute Gasteiger partial charge is 0.406 e. The van der Waals surface area contributed by atoms with E-state index in [2.05, 4.69) is 14.8 Å². The third kappa shape index (κ3) is 5.20. The lowest BCUT2D eigenvalue weighted by atomic mass is 10.4. The first-order valence-electron chi connectivity index (χ1n) is 3.09. The molecule has 5 nitrogen and oxygen atoms in total. The van der Waals surface area contributed by atoms with E-state index in [-0.39, 0.29) is 18.9 Å². The fraction of sp³-hybridized carbons (Fsp3) is 0.667. The number of methoxy groups -OCH3 is 2. The summed E-state index contributed by atoms with van der Waals surface area (Å²) in [6.45, 7) is 0.235. The van der Waals surface area contributed by atoms with E-state index in [0.29, 0.717) is 0 Å². The minimum atomic E-state index is -0.547. The van der Waals surface area contributed by atoms with E-state index in [1.807, 2.05) is 0 Å². The van der Waals surface area contributed by atoms with E-state index in [4.69, 9.17) is 0 Å². The van der Waals surface area contributed by atoms with Crippen LogP contribution in [-0.4, -0.2) is 32.8 Å². The molecule has 0 spiro atoms. The van der Waals surface area contributed by atoms with Crippen molar-refractivity contribution in [3.8, 4) is 0 Å². The Bertz CT molecular complexity index is 130. The van der Waals surface area contributed by atoms with Crippen molar-refractivity contribution in [3.63, 3.8) is 0 Å². The van der Waals surface area contributed by atoms with E-state index >= 15 is 0 Å². The van der Waals surface area contributed by atoms with Gasteiger partial charge in [0.05, 0.1) is 20.6 Å². The monoisotopic (exact) mass is 161 g/mol. The van der Waals surface area contributed by atoms with Crippen LogP contribution in [0.1, 0.15) is 6.42 Å². The summed E-state index contributed by atoms with van der Waals surface area (Å²) < 4.78 is 8.60. The highest BCUT2D eigenvalue weighted by atomic mass is 16.5. The van der Waals surface area contributed by atoms with Crippen LogP contribution < -0.4 is 5.32 Å². The lowest BCUT2D eigenvalue weighted by Crippen LogP contribution is -2.25. The van der Waals surface area contributed by atoms with Crippen molar-refractivity contribution in [2.45, 2.75) is 6.42 Å². The van der Waals surface area contributed by atoms with Gasteiger partial charge in [0.15, 0.2) is 0 Å². The molecule has 0 atom stereocenters. The number of esters is 1. The summed E-state index contributed by atoms with van der Waals surface area (Å²) >= 11 is 0. The minimum Gasteiger partial charge on any atom is -0.469 e. The highest BCUT2D eigenvalue weighted by Gasteiger charge is 2.01. The largest absolute Gasteiger partial charge is 0.469 e. The summed E-state index contributed by atoms with van der Waals surface area (Å²) in [5.41, 5.74) is 0. The van der Waals surface area contributed by atoms with Crippen LogP contribution in [0.4, 0.5) is 4.79 Å². The first-order valence-corrected chi connectivity index (χ1v) is 3.09. The number of amides is 1. The number of rotatable bonds is 3. The molecule has 0 aliphatic rings. The Morgan fingerprint density at radius 2 is 1.91 bits per heavy atom. The van der Waals surface area contributed by atoms with E-state index in [0.717, 1.165) is 0 Å². The zero-order valence-corrected chi connectivity index (χ0v) is 6.55. The van der Waals surface area contributed by atoms with Crippen molar-refractivity contribution in [3.05, 3.63) is 0 Å². The first-order chi connectivity index (χ1) is 5.20. The quantitative estimate of drug-likeness (QED) is 0.587. The molecule has 0 aliphatic heterocycles. The number of hydrogen-bond donors (Lipinski definition) is 1. The van der Waals surface area contributed by atoms with E-state index < -0.39 is 6.09 Å². The molecule has 0 aromatic carbocycles. The zero-order chi connectivity index (χ0) is 8.69. The minimum absolute atomic E-state index is 0.158. The molecule has 1 amide bonds. The molecule has 0 aromatic rings. The molecule has 1 N–H and O–H groups in total. The molecule has 0 aliphatic carbocycles. The molecule has 0 heterocycles. The maximum atomic E-state index is 10.5. The third-order valence-electron chi connectivity index (χ3n) is 1.01. The molecule has 0 unspecified atom stereocenters. The van der Waals surface area contributed by atoms with Crippen LogP contribution >= 0.6 is 0 Å². The van der Waals surface area contributed by atoms with Gasteiger partial charge >= 0.3 is 12.1 Å². The van der Waals surface area contributed by atoms with Crippen molar-refractivity contribution in [1.29, 1.82) is 0 Å². The Balaban J connectivity index is 3.27. The molecule has 0 radical (unpaired) electrons. The lowest BCUT2D eigenvalue weighted by Gasteiger charge is -2.01. The summed E-state index contributed by atoms with van der Waals surface area (Å²) in [6.07, 6.45) is -0.389. The fourth-order valence-corrected chi connectivity index (χ4v) is 0.441. The van der Waals surface area contributed by atoms with Crippen molar-refractivity contribution >= 4 is 12.1 Å². The van der Waals surface area contributed by atoms with Gasteiger partial charge in [0.25, 0.3) is 0 Å². The van der Waals surface area contributed by atoms with Gasteiger partial charge in [-0.3, -0.25) is 4.79 Å². The van der Waals surface area contributed by atoms with Gasteiger partial charge in [-0.2, -0.15) is 0 Å². The van der Waals surface area contributed by atoms with E-state index in [1.54, 1.807) is 0 Å². The van der Waals surface area contributed by atoms with Gasteiger partial charge in [-0.25, -0.2) is 4.79 Å². The molecule has 5 heteroatoms. The molecule has 0 fully saturated rings. The van der Waals surface area contributed by atoms with Crippen LogP contribution in [0.3, 0.4) is 0 Å². The predicted molar refractivity (Wildman–Crippen MR) is 37.0 cm³/mol. The molecule has 0 aromatic heterocycles. The number of alkyl carbamates (subject to hydrolysis) is 1. The summed E-state index contributed by atoms with van der Waals surface area (Å²) in [4.78, 5) is 20.9. The van der Waals surface area contributed by atoms with Crippen LogP contribution in [0.15, 0.2) is 0 Å². The molecule has 11 heavy (non-hydrogen) atoms. The van der Waals surface area contributed by atoms with Crippen LogP contribution in [-0.2, 0) is 14.3 Å². The molecule has 64 valence electrons. The SMILES string of the molecule is COC(=O)CCNC(=O)OC. The molecule has 0 rings (SSSR count). The van der Waals surface area contributed by atoms with Crippen molar-refractivity contribution in [2.75, 3.05) is 20.8 Å². The zero-order valence-electron chi connectivity index (χ0n) is 6.55. The number of carbonyl (C=O) groups excluding carboxylic acids is 2. The summed E-state index contributed by atoms with van der Waals surface area (Å²) in [7, 11) is 2.55. The standard InChI is InChI=1S/C6H11NO4/c1-10-5(8)3-4-7-6(9)11-2/h3-4H2,1-2H3,(H,7,9). The maximum Gasteiger partial charge on any atom is 0.406 e.